The molecule has 1 aliphatic heterocycles. The van der Waals surface area contributed by atoms with Gasteiger partial charge in [0, 0.05) is 18.9 Å². The molecule has 2 heterocycles. The lowest BCUT2D eigenvalue weighted by Gasteiger charge is -2.17. The highest BCUT2D eigenvalue weighted by Crippen LogP contribution is 2.38. The lowest BCUT2D eigenvalue weighted by Crippen LogP contribution is -2.39. The van der Waals surface area contributed by atoms with Crippen molar-refractivity contribution in [2.75, 3.05) is 13.1 Å². The number of para-hydroxylation sites is 1. The summed E-state index contributed by atoms with van der Waals surface area (Å²) >= 11 is 0. The largest absolute Gasteiger partial charge is 0.489 e. The minimum atomic E-state index is -0.125. The molecule has 0 unspecified atom stereocenters. The summed E-state index contributed by atoms with van der Waals surface area (Å²) in [5.41, 5.74) is 0. The summed E-state index contributed by atoms with van der Waals surface area (Å²) in [6, 6.07) is 9.56. The predicted octanol–water partition coefficient (Wildman–Crippen LogP) is 2.31. The fourth-order valence-electron chi connectivity index (χ4n) is 2.81. The van der Waals surface area contributed by atoms with E-state index >= 15 is 0 Å². The number of carbonyl (C=O) groups is 1. The Kier molecular flexibility index (Phi) is 4.06. The number of hydrogen-bond donors (Lipinski definition) is 1. The molecule has 7 nitrogen and oxygen atoms in total. The lowest BCUT2D eigenvalue weighted by molar-refractivity contribution is 0.185. The quantitative estimate of drug-likeness (QED) is 0.911. The van der Waals surface area contributed by atoms with Gasteiger partial charge in [-0.1, -0.05) is 23.4 Å². The second-order valence-corrected chi connectivity index (χ2v) is 6.27. The first-order valence-electron chi connectivity index (χ1n) is 8.35. The van der Waals surface area contributed by atoms with E-state index in [-0.39, 0.29) is 18.7 Å². The number of amides is 2. The molecule has 7 heteroatoms. The molecule has 0 bridgehead atoms. The minimum Gasteiger partial charge on any atom is -0.489 e. The second-order valence-electron chi connectivity index (χ2n) is 6.27. The van der Waals surface area contributed by atoms with Crippen LogP contribution in [0.15, 0.2) is 34.9 Å². The molecule has 2 amide bonds. The zero-order valence-electron chi connectivity index (χ0n) is 13.4. The van der Waals surface area contributed by atoms with E-state index in [1.165, 1.54) is 0 Å². The van der Waals surface area contributed by atoms with Crippen LogP contribution in [-0.4, -0.2) is 40.3 Å². The molecule has 2 aromatic rings. The van der Waals surface area contributed by atoms with Gasteiger partial charge in [-0.15, -0.1) is 0 Å². The fraction of sp³-hybridized carbons (Fsp3) is 0.471. The van der Waals surface area contributed by atoms with Crippen molar-refractivity contribution in [3.05, 3.63) is 42.0 Å². The van der Waals surface area contributed by atoms with Gasteiger partial charge in [0.05, 0.1) is 13.1 Å². The fourth-order valence-corrected chi connectivity index (χ4v) is 2.81. The van der Waals surface area contributed by atoms with Gasteiger partial charge >= 0.3 is 6.03 Å². The number of nitrogens with zero attached hydrogens (tertiary/aromatic N) is 3. The molecule has 1 saturated carbocycles. The maximum atomic E-state index is 12.2. The summed E-state index contributed by atoms with van der Waals surface area (Å²) in [6.07, 6.45) is 3.11. The Labute approximate surface area is 140 Å². The Bertz CT molecular complexity index is 699. The van der Waals surface area contributed by atoms with Gasteiger partial charge in [-0.2, -0.15) is 4.98 Å². The van der Waals surface area contributed by atoms with Gasteiger partial charge in [-0.3, -0.25) is 0 Å². The minimum absolute atomic E-state index is 0.0306. The van der Waals surface area contributed by atoms with E-state index < -0.39 is 0 Å². The van der Waals surface area contributed by atoms with Crippen LogP contribution in [0.25, 0.3) is 0 Å². The van der Waals surface area contributed by atoms with Crippen LogP contribution < -0.4 is 10.1 Å². The first-order chi connectivity index (χ1) is 11.8. The number of benzene rings is 1. The van der Waals surface area contributed by atoms with Crippen molar-refractivity contribution in [2.24, 2.45) is 0 Å². The number of urea groups is 1. The van der Waals surface area contributed by atoms with Gasteiger partial charge in [0.15, 0.2) is 5.82 Å². The van der Waals surface area contributed by atoms with Gasteiger partial charge in [0.2, 0.25) is 5.89 Å². The van der Waals surface area contributed by atoms with Gasteiger partial charge < -0.3 is 19.5 Å². The summed E-state index contributed by atoms with van der Waals surface area (Å²) in [5.74, 6) is 2.51. The van der Waals surface area contributed by atoms with Crippen LogP contribution in [0, 0.1) is 0 Å². The van der Waals surface area contributed by atoms with E-state index in [1.54, 1.807) is 4.90 Å². The third-order valence-electron chi connectivity index (χ3n) is 4.30. The number of ether oxygens (including phenoxy) is 1. The standard InChI is InChI=1S/C17H20N4O3/c22-17(18-10-15-19-16(20-24-15)12-6-7-12)21-9-8-14(11-21)23-13-4-2-1-3-5-13/h1-5,12,14H,6-11H2,(H,18,22)/t14-/m1/s1. The Hall–Kier alpha value is -2.57. The maximum absolute atomic E-state index is 12.2. The lowest BCUT2D eigenvalue weighted by atomic mass is 10.3. The van der Waals surface area contributed by atoms with E-state index in [0.717, 1.165) is 30.8 Å². The van der Waals surface area contributed by atoms with Crippen LogP contribution in [-0.2, 0) is 6.54 Å². The highest BCUT2D eigenvalue weighted by Gasteiger charge is 2.30. The van der Waals surface area contributed by atoms with E-state index in [0.29, 0.717) is 24.9 Å². The van der Waals surface area contributed by atoms with Crippen molar-refractivity contribution in [1.29, 1.82) is 0 Å². The molecule has 1 aromatic heterocycles. The van der Waals surface area contributed by atoms with Crippen molar-refractivity contribution in [1.82, 2.24) is 20.4 Å². The van der Waals surface area contributed by atoms with Crippen molar-refractivity contribution in [3.8, 4) is 5.75 Å². The third-order valence-corrected chi connectivity index (χ3v) is 4.30. The number of hydrogen-bond acceptors (Lipinski definition) is 5. The van der Waals surface area contributed by atoms with E-state index in [4.69, 9.17) is 9.26 Å². The van der Waals surface area contributed by atoms with Crippen LogP contribution in [0.4, 0.5) is 4.79 Å². The molecular weight excluding hydrogens is 308 g/mol. The van der Waals surface area contributed by atoms with Gasteiger partial charge in [0.25, 0.3) is 0 Å². The molecule has 0 spiro atoms. The highest BCUT2D eigenvalue weighted by atomic mass is 16.5. The molecule has 0 radical (unpaired) electrons. The Morgan fingerprint density at radius 3 is 2.92 bits per heavy atom. The Morgan fingerprint density at radius 1 is 1.29 bits per heavy atom. The summed E-state index contributed by atoms with van der Waals surface area (Å²) in [4.78, 5) is 18.3. The molecular formula is C17H20N4O3. The van der Waals surface area contributed by atoms with Crippen molar-refractivity contribution in [2.45, 2.75) is 37.8 Å². The van der Waals surface area contributed by atoms with E-state index in [1.807, 2.05) is 30.3 Å². The topological polar surface area (TPSA) is 80.5 Å². The zero-order valence-corrected chi connectivity index (χ0v) is 13.4. The molecule has 1 saturated heterocycles. The average Bonchev–Trinajstić information content (AvgIpc) is 3.17. The number of rotatable bonds is 5. The highest BCUT2D eigenvalue weighted by molar-refractivity contribution is 5.74. The predicted molar refractivity (Wildman–Crippen MR) is 85.6 cm³/mol. The molecule has 24 heavy (non-hydrogen) atoms. The molecule has 1 atom stereocenters. The van der Waals surface area contributed by atoms with Gasteiger partial charge in [0.1, 0.15) is 11.9 Å². The molecule has 126 valence electrons. The van der Waals surface area contributed by atoms with Crippen molar-refractivity contribution >= 4 is 6.03 Å². The smallest absolute Gasteiger partial charge is 0.317 e. The number of likely N-dealkylation sites (tertiary alicyclic amines) is 1. The summed E-state index contributed by atoms with van der Waals surface area (Å²) in [6.45, 7) is 1.53. The van der Waals surface area contributed by atoms with E-state index in [2.05, 4.69) is 15.5 Å². The number of carbonyl (C=O) groups excluding carboxylic acids is 1. The Balaban J connectivity index is 1.24. The normalized spacial score (nSPS) is 20.2. The second kappa shape index (κ2) is 6.51. The first-order valence-corrected chi connectivity index (χ1v) is 8.35. The van der Waals surface area contributed by atoms with Crippen LogP contribution in [0.2, 0.25) is 0 Å². The van der Waals surface area contributed by atoms with Crippen LogP contribution in [0.3, 0.4) is 0 Å². The third kappa shape index (κ3) is 3.50. The first kappa shape index (κ1) is 15.0. The number of nitrogens with one attached hydrogen (secondary N) is 1. The average molecular weight is 328 g/mol. The molecule has 1 aromatic carbocycles. The summed E-state index contributed by atoms with van der Waals surface area (Å²) in [7, 11) is 0. The summed E-state index contributed by atoms with van der Waals surface area (Å²) in [5, 5.41) is 6.77. The van der Waals surface area contributed by atoms with Crippen molar-refractivity contribution in [3.63, 3.8) is 0 Å². The maximum Gasteiger partial charge on any atom is 0.317 e. The van der Waals surface area contributed by atoms with Gasteiger partial charge in [-0.05, 0) is 25.0 Å². The summed E-state index contributed by atoms with van der Waals surface area (Å²) < 4.78 is 11.1. The van der Waals surface area contributed by atoms with Crippen LogP contribution >= 0.6 is 0 Å². The molecule has 1 aliphatic carbocycles. The monoisotopic (exact) mass is 328 g/mol. The van der Waals surface area contributed by atoms with E-state index in [9.17, 15) is 4.79 Å². The Morgan fingerprint density at radius 2 is 2.12 bits per heavy atom. The molecule has 2 aliphatic rings. The molecule has 1 N–H and O–H groups in total. The van der Waals surface area contributed by atoms with Crippen LogP contribution in [0.1, 0.15) is 36.9 Å². The number of aromatic nitrogens is 2. The molecule has 2 fully saturated rings. The SMILES string of the molecule is O=C(NCc1nc(C2CC2)no1)N1CC[C@@H](Oc2ccccc2)C1. The van der Waals surface area contributed by atoms with Crippen LogP contribution in [0.5, 0.6) is 5.75 Å². The van der Waals surface area contributed by atoms with Gasteiger partial charge in [-0.25, -0.2) is 4.79 Å². The zero-order chi connectivity index (χ0) is 16.4. The molecule has 4 rings (SSSR count). The van der Waals surface area contributed by atoms with Crippen molar-refractivity contribution < 1.29 is 14.1 Å².